The number of hydrogen-bond acceptors (Lipinski definition) is 4. The van der Waals surface area contributed by atoms with Gasteiger partial charge in [-0.2, -0.15) is 0 Å². The lowest BCUT2D eigenvalue weighted by Gasteiger charge is -2.33. The monoisotopic (exact) mass is 368 g/mol. The van der Waals surface area contributed by atoms with Crippen molar-refractivity contribution >= 4 is 5.91 Å². The zero-order valence-electron chi connectivity index (χ0n) is 16.2. The van der Waals surface area contributed by atoms with Crippen LogP contribution in [0, 0.1) is 0 Å². The van der Waals surface area contributed by atoms with Crippen LogP contribution < -0.4 is 4.74 Å². The minimum Gasteiger partial charge on any atom is -0.497 e. The molecule has 27 heavy (non-hydrogen) atoms. The van der Waals surface area contributed by atoms with Gasteiger partial charge in [0.2, 0.25) is 0 Å². The van der Waals surface area contributed by atoms with Crippen molar-refractivity contribution in [1.82, 2.24) is 19.4 Å². The maximum atomic E-state index is 12.8. The van der Waals surface area contributed by atoms with E-state index in [1.54, 1.807) is 7.11 Å². The largest absolute Gasteiger partial charge is 0.497 e. The Balaban J connectivity index is 1.49. The summed E-state index contributed by atoms with van der Waals surface area (Å²) in [6, 6.07) is 8.38. The van der Waals surface area contributed by atoms with Crippen molar-refractivity contribution < 1.29 is 9.53 Å². The lowest BCUT2D eigenvalue weighted by molar-refractivity contribution is 0.0718. The number of imidazole rings is 1. The number of carbonyl (C=O) groups is 1. The van der Waals surface area contributed by atoms with E-state index >= 15 is 0 Å². The molecule has 0 saturated carbocycles. The van der Waals surface area contributed by atoms with Crippen LogP contribution in [0.1, 0.15) is 54.1 Å². The summed E-state index contributed by atoms with van der Waals surface area (Å²) in [6.45, 7) is 6.55. The Morgan fingerprint density at radius 2 is 2.00 bits per heavy atom. The zero-order valence-corrected chi connectivity index (χ0v) is 16.2. The van der Waals surface area contributed by atoms with Gasteiger partial charge in [-0.1, -0.05) is 12.1 Å². The maximum Gasteiger partial charge on any atom is 0.274 e. The second kappa shape index (κ2) is 7.72. The minimum absolute atomic E-state index is 0.0862. The van der Waals surface area contributed by atoms with E-state index in [1.807, 2.05) is 23.2 Å². The van der Waals surface area contributed by atoms with Gasteiger partial charge in [-0.3, -0.25) is 9.69 Å². The molecule has 0 bridgehead atoms. The lowest BCUT2D eigenvalue weighted by Crippen LogP contribution is -2.36. The third-order valence-corrected chi connectivity index (χ3v) is 5.74. The minimum atomic E-state index is 0.0862. The molecular formula is C21H28N4O2. The van der Waals surface area contributed by atoms with Crippen molar-refractivity contribution in [1.29, 1.82) is 0 Å². The number of hydrogen-bond donors (Lipinski definition) is 0. The summed E-state index contributed by atoms with van der Waals surface area (Å²) in [5.74, 6) is 1.96. The first-order valence-electron chi connectivity index (χ1n) is 9.89. The maximum absolute atomic E-state index is 12.8. The van der Waals surface area contributed by atoms with Crippen molar-refractivity contribution in [2.24, 2.45) is 0 Å². The van der Waals surface area contributed by atoms with Gasteiger partial charge in [-0.05, 0) is 43.9 Å². The molecule has 1 saturated heterocycles. The fraction of sp³-hybridized carbons (Fsp3) is 0.524. The van der Waals surface area contributed by atoms with Gasteiger partial charge in [-0.15, -0.1) is 0 Å². The first kappa shape index (κ1) is 18.0. The van der Waals surface area contributed by atoms with Gasteiger partial charge in [0.05, 0.1) is 13.2 Å². The summed E-state index contributed by atoms with van der Waals surface area (Å²) < 4.78 is 7.49. The molecule has 6 nitrogen and oxygen atoms in total. The first-order chi connectivity index (χ1) is 13.2. The molecule has 1 amide bonds. The van der Waals surface area contributed by atoms with Gasteiger partial charge in [0.1, 0.15) is 17.3 Å². The molecule has 1 unspecified atom stereocenters. The van der Waals surface area contributed by atoms with Crippen LogP contribution in [0.4, 0.5) is 0 Å². The van der Waals surface area contributed by atoms with Gasteiger partial charge in [-0.25, -0.2) is 4.98 Å². The molecule has 1 atom stereocenters. The SMILES string of the molecule is COc1cccc(CN2CCn3cc(C(=O)N4CCCCC4)nc3C2C)c1. The van der Waals surface area contributed by atoms with Crippen LogP contribution in [0.25, 0.3) is 0 Å². The molecule has 4 rings (SSSR count). The van der Waals surface area contributed by atoms with Gasteiger partial charge in [0.15, 0.2) is 0 Å². The molecule has 3 heterocycles. The Bertz CT molecular complexity index is 810. The number of fused-ring (bicyclic) bond motifs is 1. The second-order valence-electron chi connectivity index (χ2n) is 7.53. The summed E-state index contributed by atoms with van der Waals surface area (Å²) in [7, 11) is 1.69. The van der Waals surface area contributed by atoms with E-state index in [-0.39, 0.29) is 11.9 Å². The van der Waals surface area contributed by atoms with Crippen molar-refractivity contribution in [2.75, 3.05) is 26.7 Å². The number of rotatable bonds is 4. The number of ether oxygens (including phenoxy) is 1. The molecular weight excluding hydrogens is 340 g/mol. The van der Waals surface area contributed by atoms with E-state index < -0.39 is 0 Å². The molecule has 0 radical (unpaired) electrons. The number of piperidine rings is 1. The highest BCUT2D eigenvalue weighted by Gasteiger charge is 2.29. The standard InChI is InChI=1S/C21H28N4O2/c1-16-20-22-19(21(26)23-9-4-3-5-10-23)15-25(20)12-11-24(16)14-17-7-6-8-18(13-17)27-2/h6-8,13,15-16H,3-5,9-12,14H2,1-2H3. The zero-order chi connectivity index (χ0) is 18.8. The Morgan fingerprint density at radius 3 is 2.78 bits per heavy atom. The predicted molar refractivity (Wildman–Crippen MR) is 104 cm³/mol. The number of nitrogens with zero attached hydrogens (tertiary/aromatic N) is 4. The second-order valence-corrected chi connectivity index (χ2v) is 7.53. The van der Waals surface area contributed by atoms with E-state index in [1.165, 1.54) is 12.0 Å². The Hall–Kier alpha value is -2.34. The number of aromatic nitrogens is 2. The summed E-state index contributed by atoms with van der Waals surface area (Å²) >= 11 is 0. The van der Waals surface area contributed by atoms with E-state index in [4.69, 9.17) is 9.72 Å². The number of likely N-dealkylation sites (tertiary alicyclic amines) is 1. The summed E-state index contributed by atoms with van der Waals surface area (Å²) in [6.07, 6.45) is 5.37. The highest BCUT2D eigenvalue weighted by Crippen LogP contribution is 2.27. The average molecular weight is 368 g/mol. The molecule has 6 heteroatoms. The first-order valence-corrected chi connectivity index (χ1v) is 9.89. The molecule has 1 aromatic heterocycles. The summed E-state index contributed by atoms with van der Waals surface area (Å²) in [5.41, 5.74) is 1.83. The highest BCUT2D eigenvalue weighted by atomic mass is 16.5. The summed E-state index contributed by atoms with van der Waals surface area (Å²) in [4.78, 5) is 21.9. The van der Waals surface area contributed by atoms with Gasteiger partial charge in [0, 0.05) is 38.9 Å². The molecule has 1 fully saturated rings. The molecule has 0 aliphatic carbocycles. The third kappa shape index (κ3) is 3.72. The van der Waals surface area contributed by atoms with Crippen LogP contribution in [0.15, 0.2) is 30.5 Å². The van der Waals surface area contributed by atoms with Crippen LogP contribution in [0.3, 0.4) is 0 Å². The number of carbonyl (C=O) groups excluding carboxylic acids is 1. The van der Waals surface area contributed by atoms with E-state index in [0.29, 0.717) is 5.69 Å². The third-order valence-electron chi connectivity index (χ3n) is 5.74. The number of benzene rings is 1. The van der Waals surface area contributed by atoms with Crippen molar-refractivity contribution in [2.45, 2.75) is 45.3 Å². The van der Waals surface area contributed by atoms with E-state index in [9.17, 15) is 4.79 Å². The Labute approximate surface area is 160 Å². The van der Waals surface area contributed by atoms with Crippen LogP contribution in [0.5, 0.6) is 5.75 Å². The Morgan fingerprint density at radius 1 is 1.19 bits per heavy atom. The van der Waals surface area contributed by atoms with Crippen LogP contribution in [0.2, 0.25) is 0 Å². The van der Waals surface area contributed by atoms with E-state index in [0.717, 1.165) is 57.1 Å². The van der Waals surface area contributed by atoms with Crippen molar-refractivity contribution in [3.05, 3.63) is 47.5 Å². The van der Waals surface area contributed by atoms with Crippen molar-refractivity contribution in [3.8, 4) is 5.75 Å². The molecule has 2 aliphatic rings. The topological polar surface area (TPSA) is 50.6 Å². The number of amides is 1. The molecule has 2 aliphatic heterocycles. The van der Waals surface area contributed by atoms with Crippen LogP contribution in [-0.2, 0) is 13.1 Å². The number of methoxy groups -OCH3 is 1. The molecule has 1 aromatic carbocycles. The van der Waals surface area contributed by atoms with E-state index in [2.05, 4.69) is 28.5 Å². The predicted octanol–water partition coefficient (Wildman–Crippen LogP) is 3.09. The molecule has 144 valence electrons. The normalized spacial score (nSPS) is 20.4. The molecule has 2 aromatic rings. The van der Waals surface area contributed by atoms with Gasteiger partial charge < -0.3 is 14.2 Å². The molecule has 0 spiro atoms. The van der Waals surface area contributed by atoms with Gasteiger partial charge in [0.25, 0.3) is 5.91 Å². The smallest absolute Gasteiger partial charge is 0.274 e. The molecule has 0 N–H and O–H groups in total. The van der Waals surface area contributed by atoms with Gasteiger partial charge >= 0.3 is 0 Å². The van der Waals surface area contributed by atoms with Crippen LogP contribution >= 0.6 is 0 Å². The average Bonchev–Trinajstić information content (AvgIpc) is 3.15. The quantitative estimate of drug-likeness (QED) is 0.832. The fourth-order valence-electron chi connectivity index (χ4n) is 4.12. The van der Waals surface area contributed by atoms with Crippen molar-refractivity contribution in [3.63, 3.8) is 0 Å². The highest BCUT2D eigenvalue weighted by molar-refractivity contribution is 5.92. The Kier molecular flexibility index (Phi) is 5.16. The lowest BCUT2D eigenvalue weighted by atomic mass is 10.1. The fourth-order valence-corrected chi connectivity index (χ4v) is 4.12. The summed E-state index contributed by atoms with van der Waals surface area (Å²) in [5, 5.41) is 0. The van der Waals surface area contributed by atoms with Crippen LogP contribution in [-0.4, -0.2) is 52.0 Å².